The minimum Gasteiger partial charge on any atom is -0.391 e. The van der Waals surface area contributed by atoms with E-state index in [0.717, 1.165) is 0 Å². The standard InChI is InChI=1S/C19H23ClN4O5/c1-10(2)17(15-6-11(3)22-28-15)19(27)24-9-13(25)7-14(24)18(26)23-29-16-5-4-12(20)8-21-16/h4-6,8,10,13-14,17,25H,7,9H2,1-3H3,(H,23,26). The van der Waals surface area contributed by atoms with Gasteiger partial charge in [0.15, 0.2) is 0 Å². The van der Waals surface area contributed by atoms with Gasteiger partial charge in [-0.05, 0) is 18.9 Å². The molecular formula is C19H23ClN4O5. The Hall–Kier alpha value is -2.65. The summed E-state index contributed by atoms with van der Waals surface area (Å²) in [4.78, 5) is 36.4. The normalized spacial score (nSPS) is 20.0. The number of aliphatic hydroxyl groups excluding tert-OH is 1. The number of likely N-dealkylation sites (tertiary alicyclic amines) is 1. The molecule has 2 aromatic heterocycles. The number of halogens is 1. The van der Waals surface area contributed by atoms with Crippen molar-refractivity contribution >= 4 is 23.4 Å². The van der Waals surface area contributed by atoms with Gasteiger partial charge in [-0.15, -0.1) is 0 Å². The SMILES string of the molecule is Cc1cc(C(C(=O)N2CC(O)CC2C(=O)NOc2ccc(Cl)cn2)C(C)C)on1. The second-order valence-corrected chi connectivity index (χ2v) is 7.81. The fourth-order valence-electron chi connectivity index (χ4n) is 3.34. The molecule has 0 bridgehead atoms. The fraction of sp³-hybridized carbons (Fsp3) is 0.474. The molecule has 29 heavy (non-hydrogen) atoms. The van der Waals surface area contributed by atoms with Crippen LogP contribution in [0.1, 0.15) is 37.6 Å². The van der Waals surface area contributed by atoms with E-state index in [9.17, 15) is 14.7 Å². The number of amides is 2. The molecule has 0 aromatic carbocycles. The summed E-state index contributed by atoms with van der Waals surface area (Å²) in [5.41, 5.74) is 2.96. The first-order chi connectivity index (χ1) is 13.8. The Morgan fingerprint density at radius 1 is 1.41 bits per heavy atom. The van der Waals surface area contributed by atoms with Gasteiger partial charge in [0.1, 0.15) is 17.7 Å². The fourth-order valence-corrected chi connectivity index (χ4v) is 3.45. The Morgan fingerprint density at radius 3 is 2.76 bits per heavy atom. The first-order valence-corrected chi connectivity index (χ1v) is 9.64. The summed E-state index contributed by atoms with van der Waals surface area (Å²) < 4.78 is 5.30. The quantitative estimate of drug-likeness (QED) is 0.682. The highest BCUT2D eigenvalue weighted by atomic mass is 35.5. The molecule has 3 heterocycles. The maximum atomic E-state index is 13.2. The summed E-state index contributed by atoms with van der Waals surface area (Å²) in [6.07, 6.45) is 0.674. The van der Waals surface area contributed by atoms with Crippen molar-refractivity contribution in [2.45, 2.75) is 45.3 Å². The summed E-state index contributed by atoms with van der Waals surface area (Å²) in [6, 6.07) is 3.89. The number of aryl methyl sites for hydroxylation is 1. The van der Waals surface area contributed by atoms with E-state index < -0.39 is 24.0 Å². The number of carbonyl (C=O) groups excluding carboxylic acids is 2. The van der Waals surface area contributed by atoms with Crippen LogP contribution in [-0.4, -0.2) is 50.7 Å². The highest BCUT2D eigenvalue weighted by molar-refractivity contribution is 6.30. The van der Waals surface area contributed by atoms with Gasteiger partial charge in [-0.2, -0.15) is 5.48 Å². The van der Waals surface area contributed by atoms with Gasteiger partial charge in [0, 0.05) is 31.3 Å². The van der Waals surface area contributed by atoms with Gasteiger partial charge in [-0.25, -0.2) is 4.98 Å². The van der Waals surface area contributed by atoms with E-state index in [-0.39, 0.29) is 30.7 Å². The second-order valence-electron chi connectivity index (χ2n) is 7.37. The Bertz CT molecular complexity index is 870. The number of hydrogen-bond donors (Lipinski definition) is 2. The third-order valence-electron chi connectivity index (χ3n) is 4.71. The van der Waals surface area contributed by atoms with Crippen molar-refractivity contribution in [3.8, 4) is 5.88 Å². The number of rotatable bonds is 6. The number of nitrogens with zero attached hydrogens (tertiary/aromatic N) is 3. The number of hydrogen-bond acceptors (Lipinski definition) is 7. The van der Waals surface area contributed by atoms with E-state index >= 15 is 0 Å². The molecule has 2 aromatic rings. The lowest BCUT2D eigenvalue weighted by molar-refractivity contribution is -0.143. The van der Waals surface area contributed by atoms with Crippen molar-refractivity contribution in [1.29, 1.82) is 0 Å². The minimum atomic E-state index is -0.880. The molecule has 3 atom stereocenters. The molecule has 2 N–H and O–H groups in total. The zero-order valence-electron chi connectivity index (χ0n) is 16.3. The molecule has 3 unspecified atom stereocenters. The van der Waals surface area contributed by atoms with Crippen molar-refractivity contribution in [2.24, 2.45) is 5.92 Å². The molecule has 0 aliphatic carbocycles. The summed E-state index contributed by atoms with van der Waals surface area (Å²) in [5.74, 6) is -0.983. The van der Waals surface area contributed by atoms with Gasteiger partial charge < -0.3 is 19.4 Å². The first-order valence-electron chi connectivity index (χ1n) is 9.26. The van der Waals surface area contributed by atoms with Crippen molar-refractivity contribution in [1.82, 2.24) is 20.5 Å². The lowest BCUT2D eigenvalue weighted by Gasteiger charge is -2.28. The van der Waals surface area contributed by atoms with Crippen LogP contribution in [0.2, 0.25) is 5.02 Å². The van der Waals surface area contributed by atoms with Crippen molar-refractivity contribution in [3.63, 3.8) is 0 Å². The molecule has 1 aliphatic rings. The first kappa shape index (κ1) is 21.1. The van der Waals surface area contributed by atoms with E-state index in [1.54, 1.807) is 19.1 Å². The second kappa shape index (κ2) is 8.79. The monoisotopic (exact) mass is 422 g/mol. The van der Waals surface area contributed by atoms with Crippen LogP contribution in [0.25, 0.3) is 0 Å². The number of nitrogens with one attached hydrogen (secondary N) is 1. The molecule has 0 spiro atoms. The minimum absolute atomic E-state index is 0.0481. The van der Waals surface area contributed by atoms with Crippen LogP contribution >= 0.6 is 11.6 Å². The van der Waals surface area contributed by atoms with E-state index in [4.69, 9.17) is 21.0 Å². The number of pyridine rings is 1. The van der Waals surface area contributed by atoms with Crippen molar-refractivity contribution in [3.05, 3.63) is 40.9 Å². The van der Waals surface area contributed by atoms with Gasteiger partial charge in [0.2, 0.25) is 11.8 Å². The number of aromatic nitrogens is 2. The molecule has 1 saturated heterocycles. The van der Waals surface area contributed by atoms with E-state index in [1.807, 2.05) is 13.8 Å². The average molecular weight is 423 g/mol. The van der Waals surface area contributed by atoms with Crippen molar-refractivity contribution in [2.75, 3.05) is 6.54 Å². The third kappa shape index (κ3) is 4.86. The van der Waals surface area contributed by atoms with Crippen LogP contribution in [0.4, 0.5) is 0 Å². The average Bonchev–Trinajstić information content (AvgIpc) is 3.26. The highest BCUT2D eigenvalue weighted by Gasteiger charge is 2.43. The maximum absolute atomic E-state index is 13.2. The summed E-state index contributed by atoms with van der Waals surface area (Å²) in [5, 5.41) is 14.4. The van der Waals surface area contributed by atoms with Crippen molar-refractivity contribution < 1.29 is 24.1 Å². The zero-order chi connectivity index (χ0) is 21.1. The lowest BCUT2D eigenvalue weighted by atomic mass is 9.91. The number of carbonyl (C=O) groups is 2. The summed E-state index contributed by atoms with van der Waals surface area (Å²) in [6.45, 7) is 5.59. The summed E-state index contributed by atoms with van der Waals surface area (Å²) >= 11 is 5.77. The Balaban J connectivity index is 1.73. The number of aliphatic hydroxyl groups is 1. The molecule has 2 amide bonds. The predicted octanol–water partition coefficient (Wildman–Crippen LogP) is 1.84. The number of β-amino-alcohol motifs (C(OH)–C–C–N with tert-alkyl or cyclic N) is 1. The molecule has 1 aliphatic heterocycles. The topological polar surface area (TPSA) is 118 Å². The molecule has 10 heteroatoms. The Labute approximate surface area is 172 Å². The van der Waals surface area contributed by atoms with Crippen LogP contribution in [0.5, 0.6) is 5.88 Å². The molecule has 1 fully saturated rings. The van der Waals surface area contributed by atoms with Gasteiger partial charge in [-0.1, -0.05) is 30.6 Å². The zero-order valence-corrected chi connectivity index (χ0v) is 17.1. The molecule has 0 saturated carbocycles. The highest BCUT2D eigenvalue weighted by Crippen LogP contribution is 2.31. The van der Waals surface area contributed by atoms with Crippen LogP contribution in [0.15, 0.2) is 28.9 Å². The van der Waals surface area contributed by atoms with E-state index in [1.165, 1.54) is 17.2 Å². The van der Waals surface area contributed by atoms with Crippen LogP contribution in [-0.2, 0) is 9.59 Å². The molecule has 156 valence electrons. The molecule has 9 nitrogen and oxygen atoms in total. The van der Waals surface area contributed by atoms with Crippen LogP contribution in [0, 0.1) is 12.8 Å². The molecular weight excluding hydrogens is 400 g/mol. The van der Waals surface area contributed by atoms with Gasteiger partial charge in [0.25, 0.3) is 5.91 Å². The van der Waals surface area contributed by atoms with E-state index in [2.05, 4.69) is 15.6 Å². The van der Waals surface area contributed by atoms with Gasteiger partial charge >= 0.3 is 0 Å². The summed E-state index contributed by atoms with van der Waals surface area (Å²) in [7, 11) is 0. The third-order valence-corrected chi connectivity index (χ3v) is 4.93. The Morgan fingerprint density at radius 2 is 2.17 bits per heavy atom. The van der Waals surface area contributed by atoms with Crippen LogP contribution in [0.3, 0.4) is 0 Å². The van der Waals surface area contributed by atoms with Gasteiger partial charge in [-0.3, -0.25) is 9.59 Å². The molecule has 3 rings (SSSR count). The lowest BCUT2D eigenvalue weighted by Crippen LogP contribution is -2.48. The van der Waals surface area contributed by atoms with E-state index in [0.29, 0.717) is 16.5 Å². The predicted molar refractivity (Wildman–Crippen MR) is 103 cm³/mol. The van der Waals surface area contributed by atoms with Crippen LogP contribution < -0.4 is 10.3 Å². The largest absolute Gasteiger partial charge is 0.391 e. The Kier molecular flexibility index (Phi) is 6.39. The van der Waals surface area contributed by atoms with Gasteiger partial charge in [0.05, 0.1) is 16.8 Å². The maximum Gasteiger partial charge on any atom is 0.275 e. The number of hydroxylamine groups is 1. The smallest absolute Gasteiger partial charge is 0.275 e. The molecule has 0 radical (unpaired) electrons.